The highest BCUT2D eigenvalue weighted by Gasteiger charge is 2.19. The second-order valence-electron chi connectivity index (χ2n) is 8.46. The van der Waals surface area contributed by atoms with E-state index in [1.165, 1.54) is 21.5 Å². The molecule has 3 aromatic rings. The predicted molar refractivity (Wildman–Crippen MR) is 132 cm³/mol. The first-order valence-corrected chi connectivity index (χ1v) is 15.4. The molecule has 0 aromatic heterocycles. The Morgan fingerprint density at radius 3 is 1.83 bits per heavy atom. The minimum Gasteiger partial charge on any atom is -0.418 e. The van der Waals surface area contributed by atoms with E-state index in [0.29, 0.717) is 5.92 Å². The van der Waals surface area contributed by atoms with Gasteiger partial charge in [0.05, 0.1) is 0 Å². The van der Waals surface area contributed by atoms with Crippen LogP contribution in [0, 0.1) is 0 Å². The average molecular weight is 421 g/mol. The van der Waals surface area contributed by atoms with Crippen LogP contribution in [0.5, 0.6) is 0 Å². The summed E-state index contributed by atoms with van der Waals surface area (Å²) in [5, 5.41) is 4.24. The molecule has 0 N–H and O–H groups in total. The predicted octanol–water partition coefficient (Wildman–Crippen LogP) is 6.18. The van der Waals surface area contributed by atoms with Crippen LogP contribution in [0.15, 0.2) is 84.9 Å². The van der Waals surface area contributed by atoms with E-state index in [2.05, 4.69) is 111 Å². The molecule has 0 amide bonds. The molecule has 0 radical (unpaired) electrons. The summed E-state index contributed by atoms with van der Waals surface area (Å²) in [6, 6.07) is 31.2. The summed E-state index contributed by atoms with van der Waals surface area (Å²) < 4.78 is 6.14. The molecule has 1 atom stereocenters. The Labute approximate surface area is 179 Å². The molecule has 0 aliphatic rings. The smallest absolute Gasteiger partial charge is 0.183 e. The van der Waals surface area contributed by atoms with Crippen LogP contribution in [0.2, 0.25) is 19.6 Å². The lowest BCUT2D eigenvalue weighted by atomic mass is 9.94. The topological polar surface area (TPSA) is 9.23 Å². The van der Waals surface area contributed by atoms with Gasteiger partial charge in [-0.25, -0.2) is 0 Å². The summed E-state index contributed by atoms with van der Waals surface area (Å²) >= 11 is 0. The Kier molecular flexibility index (Phi) is 7.83. The summed E-state index contributed by atoms with van der Waals surface area (Å²) in [6.45, 7) is 9.96. The van der Waals surface area contributed by atoms with Crippen molar-refractivity contribution in [3.05, 3.63) is 90.5 Å². The van der Waals surface area contributed by atoms with Gasteiger partial charge in [0.1, 0.15) is 0 Å². The van der Waals surface area contributed by atoms with Gasteiger partial charge in [0.25, 0.3) is 0 Å². The van der Waals surface area contributed by atoms with Gasteiger partial charge >= 0.3 is 0 Å². The van der Waals surface area contributed by atoms with Crippen LogP contribution in [-0.2, 0) is 4.43 Å². The first-order valence-electron chi connectivity index (χ1n) is 10.6. The lowest BCUT2D eigenvalue weighted by Gasteiger charge is -2.23. The molecule has 1 nitrogen and oxygen atoms in total. The first kappa shape index (κ1) is 22.0. The zero-order valence-electron chi connectivity index (χ0n) is 18.1. The highest BCUT2D eigenvalue weighted by atomic mass is 31.1. The fourth-order valence-corrected chi connectivity index (χ4v) is 6.71. The van der Waals surface area contributed by atoms with Gasteiger partial charge < -0.3 is 4.43 Å². The van der Waals surface area contributed by atoms with Gasteiger partial charge in [0.15, 0.2) is 8.32 Å². The van der Waals surface area contributed by atoms with Crippen molar-refractivity contribution in [2.75, 3.05) is 6.61 Å². The monoisotopic (exact) mass is 420 g/mol. The van der Waals surface area contributed by atoms with E-state index in [4.69, 9.17) is 4.43 Å². The van der Waals surface area contributed by atoms with Gasteiger partial charge in [-0.1, -0.05) is 91.9 Å². The highest BCUT2D eigenvalue weighted by molar-refractivity contribution is 7.79. The molecule has 3 aromatic carbocycles. The SMILES string of the molecule is CC[C@H](CCO[Si](C)(C)C)c1cccc(P(c2ccccc2)c2ccccc2)c1. The molecule has 3 heteroatoms. The molecule has 152 valence electrons. The third-order valence-electron chi connectivity index (χ3n) is 5.12. The van der Waals surface area contributed by atoms with Crippen LogP contribution in [-0.4, -0.2) is 14.9 Å². The van der Waals surface area contributed by atoms with Crippen molar-refractivity contribution in [2.45, 2.75) is 45.3 Å². The van der Waals surface area contributed by atoms with E-state index in [-0.39, 0.29) is 0 Å². The van der Waals surface area contributed by atoms with E-state index in [1.807, 2.05) is 0 Å². The largest absolute Gasteiger partial charge is 0.418 e. The molecule has 0 heterocycles. The molecule has 29 heavy (non-hydrogen) atoms. The maximum atomic E-state index is 6.14. The summed E-state index contributed by atoms with van der Waals surface area (Å²) in [4.78, 5) is 0. The Bertz CT molecular complexity index is 834. The van der Waals surface area contributed by atoms with Crippen LogP contribution in [0.25, 0.3) is 0 Å². The molecular formula is C26H33OPSi. The molecule has 0 spiro atoms. The first-order chi connectivity index (χ1) is 14.0. The molecule has 0 aliphatic carbocycles. The zero-order valence-corrected chi connectivity index (χ0v) is 20.0. The van der Waals surface area contributed by atoms with Gasteiger partial charge in [-0.3, -0.25) is 0 Å². The summed E-state index contributed by atoms with van der Waals surface area (Å²) in [6.07, 6.45) is 2.24. The molecule has 0 bridgehead atoms. The van der Waals surface area contributed by atoms with E-state index in [1.54, 1.807) is 0 Å². The maximum Gasteiger partial charge on any atom is 0.183 e. The third-order valence-corrected chi connectivity index (χ3v) is 8.62. The van der Waals surface area contributed by atoms with Crippen molar-refractivity contribution < 1.29 is 4.43 Å². The Hall–Kier alpha value is -1.73. The molecule has 0 saturated carbocycles. The minimum absolute atomic E-state index is 0.548. The van der Waals surface area contributed by atoms with Gasteiger partial charge in [0.2, 0.25) is 0 Å². The van der Waals surface area contributed by atoms with Gasteiger partial charge in [-0.05, 0) is 67.8 Å². The quantitative estimate of drug-likeness (QED) is 0.297. The molecule has 3 rings (SSSR count). The van der Waals surface area contributed by atoms with E-state index in [0.717, 1.165) is 19.4 Å². The van der Waals surface area contributed by atoms with Gasteiger partial charge in [0, 0.05) is 6.61 Å². The molecule has 0 saturated heterocycles. The van der Waals surface area contributed by atoms with Crippen LogP contribution in [0.1, 0.15) is 31.2 Å². The van der Waals surface area contributed by atoms with Crippen molar-refractivity contribution in [3.63, 3.8) is 0 Å². The van der Waals surface area contributed by atoms with Crippen molar-refractivity contribution in [3.8, 4) is 0 Å². The number of benzene rings is 3. The fourth-order valence-electron chi connectivity index (χ4n) is 3.63. The molecule has 0 aliphatic heterocycles. The van der Waals surface area contributed by atoms with Crippen LogP contribution < -0.4 is 15.9 Å². The van der Waals surface area contributed by atoms with E-state index in [9.17, 15) is 0 Å². The highest BCUT2D eigenvalue weighted by Crippen LogP contribution is 2.34. The van der Waals surface area contributed by atoms with Crippen LogP contribution >= 0.6 is 7.92 Å². The van der Waals surface area contributed by atoms with Crippen LogP contribution in [0.3, 0.4) is 0 Å². The normalized spacial score (nSPS) is 12.9. The maximum absolute atomic E-state index is 6.14. The standard InChI is InChI=1S/C26H33OPSi/c1-5-22(19-20-27-29(2,3)4)23-13-12-18-26(21-23)28(24-14-8-6-9-15-24)25-16-10-7-11-17-25/h6-18,21-22H,5,19-20H2,1-4H3/t22-/m1/s1. The third kappa shape index (κ3) is 6.37. The van der Waals surface area contributed by atoms with Crippen molar-refractivity contribution in [1.82, 2.24) is 0 Å². The Morgan fingerprint density at radius 1 is 0.759 bits per heavy atom. The number of hydrogen-bond acceptors (Lipinski definition) is 1. The number of hydrogen-bond donors (Lipinski definition) is 0. The van der Waals surface area contributed by atoms with Crippen molar-refractivity contribution in [1.29, 1.82) is 0 Å². The van der Waals surface area contributed by atoms with E-state index < -0.39 is 16.2 Å². The Morgan fingerprint density at radius 2 is 1.31 bits per heavy atom. The second kappa shape index (κ2) is 10.3. The number of rotatable bonds is 9. The molecular weight excluding hydrogens is 387 g/mol. The molecule has 0 unspecified atom stereocenters. The lowest BCUT2D eigenvalue weighted by molar-refractivity contribution is 0.290. The Balaban J connectivity index is 1.90. The lowest BCUT2D eigenvalue weighted by Crippen LogP contribution is -2.26. The van der Waals surface area contributed by atoms with Crippen LogP contribution in [0.4, 0.5) is 0 Å². The minimum atomic E-state index is -1.45. The van der Waals surface area contributed by atoms with Crippen molar-refractivity contribution >= 4 is 32.2 Å². The zero-order chi connectivity index (χ0) is 20.7. The molecule has 0 fully saturated rings. The van der Waals surface area contributed by atoms with E-state index >= 15 is 0 Å². The van der Waals surface area contributed by atoms with Crippen molar-refractivity contribution in [2.24, 2.45) is 0 Å². The summed E-state index contributed by atoms with van der Waals surface area (Å²) in [5.41, 5.74) is 1.45. The van der Waals surface area contributed by atoms with Gasteiger partial charge in [-0.2, -0.15) is 0 Å². The summed E-state index contributed by atoms with van der Waals surface area (Å²) in [5.74, 6) is 0.551. The summed E-state index contributed by atoms with van der Waals surface area (Å²) in [7, 11) is -2.00. The second-order valence-corrected chi connectivity index (χ2v) is 15.2. The van der Waals surface area contributed by atoms with Gasteiger partial charge in [-0.15, -0.1) is 0 Å². The fraction of sp³-hybridized carbons (Fsp3) is 0.308. The average Bonchev–Trinajstić information content (AvgIpc) is 2.72.